The summed E-state index contributed by atoms with van der Waals surface area (Å²) in [5.41, 5.74) is 3.38. The van der Waals surface area contributed by atoms with Gasteiger partial charge in [-0.1, -0.05) is 27.2 Å². The van der Waals surface area contributed by atoms with Crippen molar-refractivity contribution in [2.45, 2.75) is 52.5 Å². The molecule has 0 radical (unpaired) electrons. The zero-order valence-corrected chi connectivity index (χ0v) is 12.0. The third-order valence-corrected chi connectivity index (χ3v) is 4.33. The van der Waals surface area contributed by atoms with Gasteiger partial charge in [0.05, 0.1) is 0 Å². The molecule has 3 nitrogen and oxygen atoms in total. The Morgan fingerprint density at radius 3 is 2.95 bits per heavy atom. The van der Waals surface area contributed by atoms with E-state index in [-0.39, 0.29) is 0 Å². The van der Waals surface area contributed by atoms with Crippen LogP contribution in [-0.4, -0.2) is 11.0 Å². The molecule has 0 saturated heterocycles. The summed E-state index contributed by atoms with van der Waals surface area (Å²) in [4.78, 5) is 4.50. The Bertz CT molecular complexity index is 585. The van der Waals surface area contributed by atoms with E-state index in [2.05, 4.69) is 43.2 Å². The normalized spacial score (nSPS) is 21.9. The first-order valence-electron chi connectivity index (χ1n) is 7.24. The predicted molar refractivity (Wildman–Crippen MR) is 78.4 cm³/mol. The molecule has 0 spiro atoms. The highest BCUT2D eigenvalue weighted by atomic mass is 16.3. The molecule has 1 aromatic heterocycles. The maximum Gasteiger partial charge on any atom is 0.195 e. The number of aromatic nitrogens is 1. The lowest BCUT2D eigenvalue weighted by Gasteiger charge is -2.28. The van der Waals surface area contributed by atoms with Crippen molar-refractivity contribution in [1.29, 1.82) is 0 Å². The van der Waals surface area contributed by atoms with Crippen molar-refractivity contribution in [2.24, 2.45) is 5.41 Å². The van der Waals surface area contributed by atoms with Crippen LogP contribution in [0.25, 0.3) is 11.1 Å². The Labute approximate surface area is 114 Å². The van der Waals surface area contributed by atoms with Crippen LogP contribution in [0.2, 0.25) is 0 Å². The van der Waals surface area contributed by atoms with Crippen molar-refractivity contribution in [3.8, 4) is 0 Å². The fourth-order valence-electron chi connectivity index (χ4n) is 3.01. The van der Waals surface area contributed by atoms with Gasteiger partial charge in [0, 0.05) is 18.2 Å². The van der Waals surface area contributed by atoms with Crippen LogP contribution in [-0.2, 0) is 6.42 Å². The molecular weight excluding hydrogens is 236 g/mol. The van der Waals surface area contributed by atoms with Gasteiger partial charge in [-0.15, -0.1) is 0 Å². The predicted octanol–water partition coefficient (Wildman–Crippen LogP) is 4.38. The molecule has 0 amide bonds. The van der Waals surface area contributed by atoms with Crippen molar-refractivity contribution in [3.63, 3.8) is 0 Å². The molecular formula is C16H22N2O. The summed E-state index contributed by atoms with van der Waals surface area (Å²) in [6, 6.07) is 6.78. The highest BCUT2D eigenvalue weighted by Gasteiger charge is 2.34. The molecule has 1 aliphatic rings. The van der Waals surface area contributed by atoms with Gasteiger partial charge in [-0.2, -0.15) is 0 Å². The monoisotopic (exact) mass is 258 g/mol. The Balaban J connectivity index is 1.85. The number of oxazole rings is 1. The van der Waals surface area contributed by atoms with Crippen LogP contribution in [0.1, 0.15) is 45.9 Å². The van der Waals surface area contributed by atoms with Gasteiger partial charge in [0.1, 0.15) is 5.52 Å². The Hall–Kier alpha value is -1.51. The maximum atomic E-state index is 5.64. The van der Waals surface area contributed by atoms with E-state index in [1.807, 2.05) is 6.07 Å². The van der Waals surface area contributed by atoms with Crippen LogP contribution in [0.5, 0.6) is 0 Å². The minimum atomic E-state index is 0.382. The second kappa shape index (κ2) is 4.55. The second-order valence-electron chi connectivity index (χ2n) is 6.22. The van der Waals surface area contributed by atoms with E-state index in [4.69, 9.17) is 4.42 Å². The van der Waals surface area contributed by atoms with E-state index in [0.717, 1.165) is 29.1 Å². The third-order valence-electron chi connectivity index (χ3n) is 4.33. The molecule has 0 aliphatic heterocycles. The largest absolute Gasteiger partial charge is 0.441 e. The highest BCUT2D eigenvalue weighted by molar-refractivity contribution is 5.77. The average Bonchev–Trinajstić information content (AvgIpc) is 2.92. The van der Waals surface area contributed by atoms with Gasteiger partial charge in [0.25, 0.3) is 0 Å². The van der Waals surface area contributed by atoms with Gasteiger partial charge < -0.3 is 9.73 Å². The fraction of sp³-hybridized carbons (Fsp3) is 0.562. The lowest BCUT2D eigenvalue weighted by atomic mass is 9.87. The zero-order valence-electron chi connectivity index (χ0n) is 12.0. The topological polar surface area (TPSA) is 38.1 Å². The van der Waals surface area contributed by atoms with Crippen LogP contribution in [0, 0.1) is 5.41 Å². The van der Waals surface area contributed by atoms with Crippen molar-refractivity contribution in [3.05, 3.63) is 24.1 Å². The van der Waals surface area contributed by atoms with Crippen LogP contribution in [0.15, 0.2) is 22.6 Å². The van der Waals surface area contributed by atoms with E-state index >= 15 is 0 Å². The standard InChI is InChI=1S/C16H22N2O/c1-4-15-18-12-10-11(7-8-13(12)19-15)17-14-6-5-9-16(14,2)3/h7-8,10,14,17H,4-6,9H2,1-3H3. The van der Waals surface area contributed by atoms with Crippen LogP contribution in [0.3, 0.4) is 0 Å². The number of fused-ring (bicyclic) bond motifs is 1. The molecule has 1 aliphatic carbocycles. The molecule has 19 heavy (non-hydrogen) atoms. The first kappa shape index (κ1) is 12.5. The average molecular weight is 258 g/mol. The molecule has 1 unspecified atom stereocenters. The van der Waals surface area contributed by atoms with Gasteiger partial charge in [-0.3, -0.25) is 0 Å². The Morgan fingerprint density at radius 2 is 2.26 bits per heavy atom. The third kappa shape index (κ3) is 2.34. The number of rotatable bonds is 3. The van der Waals surface area contributed by atoms with E-state index < -0.39 is 0 Å². The maximum absolute atomic E-state index is 5.64. The zero-order chi connectivity index (χ0) is 13.5. The van der Waals surface area contributed by atoms with E-state index in [0.29, 0.717) is 11.5 Å². The number of hydrogen-bond donors (Lipinski definition) is 1. The van der Waals surface area contributed by atoms with E-state index in [1.54, 1.807) is 0 Å². The van der Waals surface area contributed by atoms with E-state index in [9.17, 15) is 0 Å². The molecule has 3 heteroatoms. The molecule has 2 aromatic rings. The highest BCUT2D eigenvalue weighted by Crippen LogP contribution is 2.39. The Morgan fingerprint density at radius 1 is 1.42 bits per heavy atom. The summed E-state index contributed by atoms with van der Waals surface area (Å²) >= 11 is 0. The van der Waals surface area contributed by atoms with Crippen molar-refractivity contribution >= 4 is 16.8 Å². The van der Waals surface area contributed by atoms with Crippen LogP contribution < -0.4 is 5.32 Å². The van der Waals surface area contributed by atoms with Gasteiger partial charge in [-0.25, -0.2) is 4.98 Å². The SMILES string of the molecule is CCc1nc2cc(NC3CCCC3(C)C)ccc2o1. The summed E-state index contributed by atoms with van der Waals surface area (Å²) in [5, 5.41) is 3.67. The molecule has 1 fully saturated rings. The molecule has 1 saturated carbocycles. The molecule has 102 valence electrons. The smallest absolute Gasteiger partial charge is 0.195 e. The molecule has 1 atom stereocenters. The second-order valence-corrected chi connectivity index (χ2v) is 6.22. The van der Waals surface area contributed by atoms with Gasteiger partial charge in [0.2, 0.25) is 0 Å². The van der Waals surface area contributed by atoms with Gasteiger partial charge in [-0.05, 0) is 36.5 Å². The summed E-state index contributed by atoms with van der Waals surface area (Å²) in [5.74, 6) is 0.813. The lowest BCUT2D eigenvalue weighted by Crippen LogP contribution is -2.30. The summed E-state index contributed by atoms with van der Waals surface area (Å²) in [7, 11) is 0. The first-order chi connectivity index (χ1) is 9.08. The lowest BCUT2D eigenvalue weighted by molar-refractivity contribution is 0.350. The molecule has 0 bridgehead atoms. The number of hydrogen-bond acceptors (Lipinski definition) is 3. The van der Waals surface area contributed by atoms with Crippen molar-refractivity contribution in [2.75, 3.05) is 5.32 Å². The summed E-state index contributed by atoms with van der Waals surface area (Å²) in [6.07, 6.45) is 4.71. The number of nitrogens with zero attached hydrogens (tertiary/aromatic N) is 1. The number of anilines is 1. The summed E-state index contributed by atoms with van der Waals surface area (Å²) < 4.78 is 5.64. The molecule has 3 rings (SSSR count). The van der Waals surface area contributed by atoms with Crippen LogP contribution >= 0.6 is 0 Å². The molecule has 1 N–H and O–H groups in total. The fourth-order valence-corrected chi connectivity index (χ4v) is 3.01. The minimum Gasteiger partial charge on any atom is -0.441 e. The molecule has 1 aromatic carbocycles. The first-order valence-corrected chi connectivity index (χ1v) is 7.24. The quantitative estimate of drug-likeness (QED) is 0.887. The van der Waals surface area contributed by atoms with Crippen LogP contribution in [0.4, 0.5) is 5.69 Å². The minimum absolute atomic E-state index is 0.382. The van der Waals surface area contributed by atoms with E-state index in [1.165, 1.54) is 19.3 Å². The van der Waals surface area contributed by atoms with Gasteiger partial charge in [0.15, 0.2) is 11.5 Å². The van der Waals surface area contributed by atoms with Crippen molar-refractivity contribution in [1.82, 2.24) is 4.98 Å². The Kier molecular flexibility index (Phi) is 3.00. The molecule has 1 heterocycles. The number of aryl methyl sites for hydroxylation is 1. The van der Waals surface area contributed by atoms with Gasteiger partial charge >= 0.3 is 0 Å². The summed E-state index contributed by atoms with van der Waals surface area (Å²) in [6.45, 7) is 6.76. The number of benzene rings is 1. The van der Waals surface area contributed by atoms with Crippen molar-refractivity contribution < 1.29 is 4.42 Å². The number of nitrogens with one attached hydrogen (secondary N) is 1.